The molecule has 0 saturated heterocycles. The fourth-order valence-electron chi connectivity index (χ4n) is 1.92. The lowest BCUT2D eigenvalue weighted by molar-refractivity contribution is -0.137. The SMILES string of the molecule is COc1ccc(OCC(=O)NNC(=S)Nc2cccc(C(F)(F)F)c2)cc1. The maximum atomic E-state index is 12.7. The predicted molar refractivity (Wildman–Crippen MR) is 97.4 cm³/mol. The fraction of sp³-hybridized carbons (Fsp3) is 0.176. The van der Waals surface area contributed by atoms with Gasteiger partial charge in [0.15, 0.2) is 11.7 Å². The number of carbonyl (C=O) groups excluding carboxylic acids is 1. The minimum atomic E-state index is -4.46. The number of rotatable bonds is 5. The second-order valence-electron chi connectivity index (χ2n) is 5.17. The van der Waals surface area contributed by atoms with Gasteiger partial charge in [-0.1, -0.05) is 6.07 Å². The zero-order valence-corrected chi connectivity index (χ0v) is 14.9. The molecule has 27 heavy (non-hydrogen) atoms. The van der Waals surface area contributed by atoms with Gasteiger partial charge < -0.3 is 14.8 Å². The normalized spacial score (nSPS) is 10.7. The summed E-state index contributed by atoms with van der Waals surface area (Å²) in [5.41, 5.74) is 3.98. The lowest BCUT2D eigenvalue weighted by atomic mass is 10.2. The number of anilines is 1. The summed E-state index contributed by atoms with van der Waals surface area (Å²) in [7, 11) is 1.53. The summed E-state index contributed by atoms with van der Waals surface area (Å²) >= 11 is 4.92. The Bertz CT molecular complexity index is 798. The Morgan fingerprint density at radius 3 is 2.37 bits per heavy atom. The predicted octanol–water partition coefficient (Wildman–Crippen LogP) is 3.11. The molecule has 0 fully saturated rings. The monoisotopic (exact) mass is 399 g/mol. The van der Waals surface area contributed by atoms with Crippen molar-refractivity contribution in [2.75, 3.05) is 19.0 Å². The van der Waals surface area contributed by atoms with Gasteiger partial charge in [-0.05, 0) is 54.7 Å². The van der Waals surface area contributed by atoms with Crippen LogP contribution >= 0.6 is 12.2 Å². The van der Waals surface area contributed by atoms with E-state index >= 15 is 0 Å². The molecule has 0 unspecified atom stereocenters. The second-order valence-corrected chi connectivity index (χ2v) is 5.58. The first-order valence-corrected chi connectivity index (χ1v) is 7.98. The van der Waals surface area contributed by atoms with Crippen molar-refractivity contribution in [2.45, 2.75) is 6.18 Å². The maximum absolute atomic E-state index is 12.7. The summed E-state index contributed by atoms with van der Waals surface area (Å²) < 4.78 is 48.3. The molecule has 144 valence electrons. The topological polar surface area (TPSA) is 71.6 Å². The van der Waals surface area contributed by atoms with Crippen LogP contribution in [0, 0.1) is 0 Å². The molecule has 0 spiro atoms. The Morgan fingerprint density at radius 2 is 1.74 bits per heavy atom. The minimum Gasteiger partial charge on any atom is -0.497 e. The molecule has 2 aromatic rings. The van der Waals surface area contributed by atoms with Gasteiger partial charge in [0.25, 0.3) is 5.91 Å². The molecule has 0 aliphatic carbocycles. The number of nitrogens with one attached hydrogen (secondary N) is 3. The van der Waals surface area contributed by atoms with Crippen LogP contribution in [0.3, 0.4) is 0 Å². The number of benzene rings is 2. The lowest BCUT2D eigenvalue weighted by Gasteiger charge is -2.13. The van der Waals surface area contributed by atoms with E-state index in [-0.39, 0.29) is 17.4 Å². The number of hydrazine groups is 1. The van der Waals surface area contributed by atoms with E-state index in [4.69, 9.17) is 21.7 Å². The molecule has 0 bridgehead atoms. The van der Waals surface area contributed by atoms with Crippen LogP contribution in [0.1, 0.15) is 5.56 Å². The molecule has 1 amide bonds. The number of hydrogen-bond donors (Lipinski definition) is 3. The summed E-state index contributed by atoms with van der Waals surface area (Å²) in [5, 5.41) is 2.47. The van der Waals surface area contributed by atoms with Crippen molar-refractivity contribution >= 4 is 28.9 Å². The van der Waals surface area contributed by atoms with E-state index in [1.54, 1.807) is 24.3 Å². The summed E-state index contributed by atoms with van der Waals surface area (Å²) in [5.74, 6) is 0.592. The number of hydrogen-bond acceptors (Lipinski definition) is 4. The van der Waals surface area contributed by atoms with E-state index in [2.05, 4.69) is 16.2 Å². The third kappa shape index (κ3) is 6.66. The molecule has 0 heterocycles. The van der Waals surface area contributed by atoms with Gasteiger partial charge in [-0.2, -0.15) is 13.2 Å². The standard InChI is InChI=1S/C17H16F3N3O3S/c1-25-13-5-7-14(8-6-13)26-10-15(24)22-23-16(27)21-12-4-2-3-11(9-12)17(18,19)20/h2-9H,10H2,1H3,(H,22,24)(H2,21,23,27). The van der Waals surface area contributed by atoms with Crippen molar-refractivity contribution in [3.8, 4) is 11.5 Å². The van der Waals surface area contributed by atoms with Crippen molar-refractivity contribution in [3.05, 3.63) is 54.1 Å². The summed E-state index contributed by atoms with van der Waals surface area (Å²) in [6.07, 6.45) is -4.46. The highest BCUT2D eigenvalue weighted by molar-refractivity contribution is 7.80. The third-order valence-corrected chi connectivity index (χ3v) is 3.40. The summed E-state index contributed by atoms with van der Waals surface area (Å²) in [4.78, 5) is 11.7. The van der Waals surface area contributed by atoms with Gasteiger partial charge in [0.05, 0.1) is 12.7 Å². The van der Waals surface area contributed by atoms with Crippen LogP contribution in [0.25, 0.3) is 0 Å². The Hall–Kier alpha value is -3.01. The molecular weight excluding hydrogens is 383 g/mol. The Labute approximate surface area is 158 Å². The largest absolute Gasteiger partial charge is 0.497 e. The van der Waals surface area contributed by atoms with Gasteiger partial charge in [-0.25, -0.2) is 0 Å². The van der Waals surface area contributed by atoms with Crippen molar-refractivity contribution in [3.63, 3.8) is 0 Å². The molecule has 0 aromatic heterocycles. The smallest absolute Gasteiger partial charge is 0.416 e. The number of ether oxygens (including phenoxy) is 2. The van der Waals surface area contributed by atoms with Crippen molar-refractivity contribution < 1.29 is 27.4 Å². The minimum absolute atomic E-state index is 0.0767. The number of carbonyl (C=O) groups is 1. The van der Waals surface area contributed by atoms with E-state index in [1.165, 1.54) is 19.2 Å². The number of halogens is 3. The first kappa shape index (κ1) is 20.3. The molecule has 0 saturated carbocycles. The van der Waals surface area contributed by atoms with Crippen molar-refractivity contribution in [1.29, 1.82) is 0 Å². The molecule has 2 rings (SSSR count). The zero-order chi connectivity index (χ0) is 19.9. The average Bonchev–Trinajstić information content (AvgIpc) is 2.64. The van der Waals surface area contributed by atoms with Crippen LogP contribution in [-0.4, -0.2) is 24.7 Å². The molecule has 3 N–H and O–H groups in total. The molecule has 10 heteroatoms. The van der Waals surface area contributed by atoms with Gasteiger partial charge in [-0.3, -0.25) is 15.6 Å². The highest BCUT2D eigenvalue weighted by Crippen LogP contribution is 2.30. The van der Waals surface area contributed by atoms with Crippen LogP contribution in [-0.2, 0) is 11.0 Å². The highest BCUT2D eigenvalue weighted by Gasteiger charge is 2.30. The number of amides is 1. The van der Waals surface area contributed by atoms with Crippen molar-refractivity contribution in [1.82, 2.24) is 10.9 Å². The van der Waals surface area contributed by atoms with E-state index in [0.717, 1.165) is 12.1 Å². The van der Waals surface area contributed by atoms with E-state index < -0.39 is 17.6 Å². The Morgan fingerprint density at radius 1 is 1.07 bits per heavy atom. The molecule has 0 aliphatic rings. The summed E-state index contributed by atoms with van der Waals surface area (Å²) in [6, 6.07) is 11.1. The van der Waals surface area contributed by atoms with Gasteiger partial charge >= 0.3 is 6.18 Å². The Kier molecular flexibility index (Phi) is 6.83. The number of alkyl halides is 3. The molecule has 0 atom stereocenters. The van der Waals surface area contributed by atoms with Crippen molar-refractivity contribution in [2.24, 2.45) is 0 Å². The van der Waals surface area contributed by atoms with Crippen LogP contribution < -0.4 is 25.6 Å². The number of thiocarbonyl (C=S) groups is 1. The second kappa shape index (κ2) is 9.08. The third-order valence-electron chi connectivity index (χ3n) is 3.19. The maximum Gasteiger partial charge on any atom is 0.416 e. The van der Waals surface area contributed by atoms with Crippen LogP contribution in [0.2, 0.25) is 0 Å². The lowest BCUT2D eigenvalue weighted by Crippen LogP contribution is -2.45. The first-order chi connectivity index (χ1) is 12.8. The fourth-order valence-corrected chi connectivity index (χ4v) is 2.09. The quantitative estimate of drug-likeness (QED) is 0.530. The van der Waals surface area contributed by atoms with Crippen LogP contribution in [0.15, 0.2) is 48.5 Å². The molecule has 2 aromatic carbocycles. The van der Waals surface area contributed by atoms with Gasteiger partial charge in [-0.15, -0.1) is 0 Å². The van der Waals surface area contributed by atoms with E-state index in [9.17, 15) is 18.0 Å². The molecule has 0 radical (unpaired) electrons. The highest BCUT2D eigenvalue weighted by atomic mass is 32.1. The summed E-state index contributed by atoms with van der Waals surface area (Å²) in [6.45, 7) is -0.286. The van der Waals surface area contributed by atoms with Gasteiger partial charge in [0, 0.05) is 5.69 Å². The van der Waals surface area contributed by atoms with Crippen LogP contribution in [0.5, 0.6) is 11.5 Å². The van der Waals surface area contributed by atoms with Gasteiger partial charge in [0.1, 0.15) is 11.5 Å². The zero-order valence-electron chi connectivity index (χ0n) is 14.1. The van der Waals surface area contributed by atoms with E-state index in [0.29, 0.717) is 11.5 Å². The number of methoxy groups -OCH3 is 1. The van der Waals surface area contributed by atoms with Gasteiger partial charge in [0.2, 0.25) is 0 Å². The first-order valence-electron chi connectivity index (χ1n) is 7.58. The molecule has 6 nitrogen and oxygen atoms in total. The van der Waals surface area contributed by atoms with E-state index in [1.807, 2.05) is 0 Å². The van der Waals surface area contributed by atoms with Crippen LogP contribution in [0.4, 0.5) is 18.9 Å². The Balaban J connectivity index is 1.77. The average molecular weight is 399 g/mol. The molecular formula is C17H16F3N3O3S. The molecule has 0 aliphatic heterocycles.